The Morgan fingerprint density at radius 1 is 1.29 bits per heavy atom. The Labute approximate surface area is 126 Å². The lowest BCUT2D eigenvalue weighted by molar-refractivity contribution is -0.385. The Balaban J connectivity index is 2.26. The molecule has 1 N–H and O–H groups in total. The van der Waals surface area contributed by atoms with Crippen LogP contribution in [0.1, 0.15) is 10.4 Å². The standard InChI is InChI=1S/C11H5Cl2FN4O3/c12-8-4-9(17-11(13)15-8)16-10(19)6-2-1-5(18(20)21)3-7(6)14/h1-4H,(H,15,16,17,19). The molecule has 0 atom stereocenters. The molecule has 0 aliphatic rings. The molecule has 10 heteroatoms. The molecule has 1 aromatic carbocycles. The molecule has 0 saturated heterocycles. The van der Waals surface area contributed by atoms with Crippen molar-refractivity contribution < 1.29 is 14.1 Å². The molecule has 1 aromatic heterocycles. The van der Waals surface area contributed by atoms with Gasteiger partial charge in [0.2, 0.25) is 5.28 Å². The highest BCUT2D eigenvalue weighted by Crippen LogP contribution is 2.19. The highest BCUT2D eigenvalue weighted by molar-refractivity contribution is 6.32. The van der Waals surface area contributed by atoms with E-state index in [4.69, 9.17) is 23.2 Å². The summed E-state index contributed by atoms with van der Waals surface area (Å²) in [6.07, 6.45) is 0. The highest BCUT2D eigenvalue weighted by atomic mass is 35.5. The first-order chi connectivity index (χ1) is 9.86. The third kappa shape index (κ3) is 3.61. The Hall–Kier alpha value is -2.32. The summed E-state index contributed by atoms with van der Waals surface area (Å²) in [5.41, 5.74) is -0.844. The van der Waals surface area contributed by atoms with E-state index in [-0.39, 0.29) is 21.8 Å². The van der Waals surface area contributed by atoms with Crippen molar-refractivity contribution in [3.05, 3.63) is 56.2 Å². The normalized spacial score (nSPS) is 10.2. The fourth-order valence-corrected chi connectivity index (χ4v) is 1.85. The molecule has 0 saturated carbocycles. The molecule has 0 unspecified atom stereocenters. The van der Waals surface area contributed by atoms with Gasteiger partial charge < -0.3 is 5.32 Å². The van der Waals surface area contributed by atoms with Gasteiger partial charge in [0.25, 0.3) is 11.6 Å². The monoisotopic (exact) mass is 330 g/mol. The number of benzene rings is 1. The van der Waals surface area contributed by atoms with Crippen LogP contribution in [0.15, 0.2) is 24.3 Å². The molecule has 21 heavy (non-hydrogen) atoms. The molecular formula is C11H5Cl2FN4O3. The fourth-order valence-electron chi connectivity index (χ4n) is 1.44. The van der Waals surface area contributed by atoms with Gasteiger partial charge in [0.05, 0.1) is 16.6 Å². The summed E-state index contributed by atoms with van der Waals surface area (Å²) in [6, 6.07) is 3.87. The molecule has 0 fully saturated rings. The number of halogens is 3. The maximum absolute atomic E-state index is 13.7. The molecule has 0 aliphatic heterocycles. The van der Waals surface area contributed by atoms with E-state index in [1.165, 1.54) is 6.07 Å². The second-order valence-corrected chi connectivity index (χ2v) is 4.45. The van der Waals surface area contributed by atoms with E-state index in [1.54, 1.807) is 0 Å². The van der Waals surface area contributed by atoms with E-state index in [9.17, 15) is 19.3 Å². The molecule has 2 rings (SSSR count). The summed E-state index contributed by atoms with van der Waals surface area (Å²) < 4.78 is 13.7. The van der Waals surface area contributed by atoms with E-state index >= 15 is 0 Å². The zero-order valence-electron chi connectivity index (χ0n) is 10.0. The number of amides is 1. The van der Waals surface area contributed by atoms with E-state index < -0.39 is 22.3 Å². The van der Waals surface area contributed by atoms with Crippen LogP contribution in [0.3, 0.4) is 0 Å². The van der Waals surface area contributed by atoms with Crippen LogP contribution in [0.2, 0.25) is 10.4 Å². The molecule has 1 amide bonds. The van der Waals surface area contributed by atoms with Gasteiger partial charge in [0.15, 0.2) is 0 Å². The third-order valence-corrected chi connectivity index (χ3v) is 2.68. The zero-order chi connectivity index (χ0) is 15.6. The summed E-state index contributed by atoms with van der Waals surface area (Å²) in [6.45, 7) is 0. The van der Waals surface area contributed by atoms with Crippen LogP contribution in [0.5, 0.6) is 0 Å². The fraction of sp³-hybridized carbons (Fsp3) is 0. The first-order valence-electron chi connectivity index (χ1n) is 5.32. The average Bonchev–Trinajstić information content (AvgIpc) is 2.36. The smallest absolute Gasteiger partial charge is 0.272 e. The van der Waals surface area contributed by atoms with Crippen molar-refractivity contribution in [3.8, 4) is 0 Å². The van der Waals surface area contributed by atoms with Gasteiger partial charge in [-0.3, -0.25) is 14.9 Å². The molecule has 0 spiro atoms. The third-order valence-electron chi connectivity index (χ3n) is 2.32. The largest absolute Gasteiger partial charge is 0.306 e. The molecule has 2 aromatic rings. The summed E-state index contributed by atoms with van der Waals surface area (Å²) >= 11 is 11.2. The first kappa shape index (κ1) is 15.1. The topological polar surface area (TPSA) is 98.0 Å². The van der Waals surface area contributed by atoms with E-state index in [0.29, 0.717) is 6.07 Å². The summed E-state index contributed by atoms with van der Waals surface area (Å²) in [7, 11) is 0. The molecule has 0 aliphatic carbocycles. The number of non-ortho nitro benzene ring substituents is 1. The minimum Gasteiger partial charge on any atom is -0.306 e. The van der Waals surface area contributed by atoms with Crippen molar-refractivity contribution in [3.63, 3.8) is 0 Å². The zero-order valence-corrected chi connectivity index (χ0v) is 11.5. The van der Waals surface area contributed by atoms with Crippen LogP contribution in [0.25, 0.3) is 0 Å². The number of nitro benzene ring substituents is 1. The number of carbonyl (C=O) groups is 1. The maximum atomic E-state index is 13.7. The van der Waals surface area contributed by atoms with Gasteiger partial charge in [-0.05, 0) is 17.7 Å². The van der Waals surface area contributed by atoms with Gasteiger partial charge in [-0.15, -0.1) is 0 Å². The minimum atomic E-state index is -1.03. The number of rotatable bonds is 3. The summed E-state index contributed by atoms with van der Waals surface area (Å²) in [5.74, 6) is -1.91. The van der Waals surface area contributed by atoms with Crippen molar-refractivity contribution in [2.24, 2.45) is 0 Å². The number of carbonyl (C=O) groups excluding carboxylic acids is 1. The Morgan fingerprint density at radius 3 is 2.57 bits per heavy atom. The lowest BCUT2D eigenvalue weighted by atomic mass is 10.2. The van der Waals surface area contributed by atoms with Crippen LogP contribution in [0, 0.1) is 15.9 Å². The second-order valence-electron chi connectivity index (χ2n) is 3.72. The van der Waals surface area contributed by atoms with Crippen LogP contribution < -0.4 is 5.32 Å². The highest BCUT2D eigenvalue weighted by Gasteiger charge is 2.17. The molecule has 0 bridgehead atoms. The molecule has 7 nitrogen and oxygen atoms in total. The van der Waals surface area contributed by atoms with Gasteiger partial charge >= 0.3 is 0 Å². The van der Waals surface area contributed by atoms with Crippen LogP contribution >= 0.6 is 23.2 Å². The molecular weight excluding hydrogens is 326 g/mol. The van der Waals surface area contributed by atoms with Gasteiger partial charge in [-0.25, -0.2) is 14.4 Å². The quantitative estimate of drug-likeness (QED) is 0.403. The van der Waals surface area contributed by atoms with Gasteiger partial charge in [0.1, 0.15) is 16.8 Å². The van der Waals surface area contributed by atoms with Crippen LogP contribution in [0.4, 0.5) is 15.9 Å². The number of nitrogens with zero attached hydrogens (tertiary/aromatic N) is 3. The van der Waals surface area contributed by atoms with Crippen molar-refractivity contribution >= 4 is 40.6 Å². The predicted molar refractivity (Wildman–Crippen MR) is 73.1 cm³/mol. The SMILES string of the molecule is O=C(Nc1cc(Cl)nc(Cl)n1)c1ccc([N+](=O)[O-])cc1F. The van der Waals surface area contributed by atoms with Gasteiger partial charge in [-0.2, -0.15) is 0 Å². The first-order valence-corrected chi connectivity index (χ1v) is 6.08. The Bertz CT molecular complexity index is 721. The van der Waals surface area contributed by atoms with Crippen molar-refractivity contribution in [1.82, 2.24) is 9.97 Å². The molecule has 0 radical (unpaired) electrons. The van der Waals surface area contributed by atoms with Crippen LogP contribution in [-0.2, 0) is 0 Å². The lowest BCUT2D eigenvalue weighted by Gasteiger charge is -2.05. The number of hydrogen-bond acceptors (Lipinski definition) is 5. The van der Waals surface area contributed by atoms with Crippen molar-refractivity contribution in [1.29, 1.82) is 0 Å². The molecule has 108 valence electrons. The summed E-state index contributed by atoms with van der Waals surface area (Å²) in [5, 5.41) is 12.6. The van der Waals surface area contributed by atoms with Crippen molar-refractivity contribution in [2.75, 3.05) is 5.32 Å². The molecule has 1 heterocycles. The van der Waals surface area contributed by atoms with E-state index in [2.05, 4.69) is 15.3 Å². The van der Waals surface area contributed by atoms with E-state index in [0.717, 1.165) is 12.1 Å². The Morgan fingerprint density at radius 2 is 2.00 bits per heavy atom. The van der Waals surface area contributed by atoms with Crippen LogP contribution in [-0.4, -0.2) is 20.8 Å². The number of anilines is 1. The minimum absolute atomic E-state index is 0.00512. The Kier molecular flexibility index (Phi) is 4.29. The average molecular weight is 331 g/mol. The van der Waals surface area contributed by atoms with Gasteiger partial charge in [0, 0.05) is 12.1 Å². The second kappa shape index (κ2) is 5.98. The maximum Gasteiger partial charge on any atom is 0.272 e. The summed E-state index contributed by atoms with van der Waals surface area (Å²) in [4.78, 5) is 28.9. The van der Waals surface area contributed by atoms with Crippen molar-refractivity contribution in [2.45, 2.75) is 0 Å². The predicted octanol–water partition coefficient (Wildman–Crippen LogP) is 3.08. The number of nitrogens with one attached hydrogen (secondary N) is 1. The number of aromatic nitrogens is 2. The van der Waals surface area contributed by atoms with Gasteiger partial charge in [-0.1, -0.05) is 11.6 Å². The lowest BCUT2D eigenvalue weighted by Crippen LogP contribution is -2.15. The number of hydrogen-bond donors (Lipinski definition) is 1. The van der Waals surface area contributed by atoms with E-state index in [1.807, 2.05) is 0 Å². The number of nitro groups is 1.